The summed E-state index contributed by atoms with van der Waals surface area (Å²) in [6.07, 6.45) is 7.13. The molecule has 0 spiro atoms. The van der Waals surface area contributed by atoms with Gasteiger partial charge >= 0.3 is 0 Å². The van der Waals surface area contributed by atoms with E-state index < -0.39 is 0 Å². The maximum Gasteiger partial charge on any atom is 0.224 e. The Labute approximate surface area is 128 Å². The first-order valence-electron chi connectivity index (χ1n) is 8.26. The summed E-state index contributed by atoms with van der Waals surface area (Å²) in [5.41, 5.74) is 1.10. The molecule has 1 aromatic rings. The second-order valence-corrected chi connectivity index (χ2v) is 5.92. The van der Waals surface area contributed by atoms with E-state index in [2.05, 4.69) is 39.3 Å². The van der Waals surface area contributed by atoms with Gasteiger partial charge in [-0.25, -0.2) is 4.98 Å². The molecule has 0 aliphatic carbocycles. The van der Waals surface area contributed by atoms with Gasteiger partial charge in [-0.1, -0.05) is 6.42 Å². The van der Waals surface area contributed by atoms with Gasteiger partial charge < -0.3 is 15.5 Å². The SMILES string of the molecule is CCNc1ncc(C)c(NCCCN2CCCCC2C)n1. The van der Waals surface area contributed by atoms with Crippen LogP contribution in [0.5, 0.6) is 0 Å². The summed E-state index contributed by atoms with van der Waals surface area (Å²) in [5, 5.41) is 6.60. The highest BCUT2D eigenvalue weighted by Gasteiger charge is 2.17. The number of piperidine rings is 1. The third kappa shape index (κ3) is 4.84. The number of rotatable bonds is 7. The van der Waals surface area contributed by atoms with Crippen LogP contribution in [0.1, 0.15) is 45.1 Å². The van der Waals surface area contributed by atoms with E-state index in [1.807, 2.05) is 13.1 Å². The molecule has 0 bridgehead atoms. The molecule has 5 nitrogen and oxygen atoms in total. The molecule has 2 heterocycles. The molecule has 1 aromatic heterocycles. The number of nitrogens with zero attached hydrogens (tertiary/aromatic N) is 3. The fourth-order valence-corrected chi connectivity index (χ4v) is 2.84. The predicted molar refractivity (Wildman–Crippen MR) is 88.9 cm³/mol. The Hall–Kier alpha value is -1.36. The van der Waals surface area contributed by atoms with Crippen LogP contribution in [0, 0.1) is 6.92 Å². The first kappa shape index (κ1) is 16.0. The molecule has 5 heteroatoms. The van der Waals surface area contributed by atoms with Gasteiger partial charge in [0, 0.05) is 37.4 Å². The van der Waals surface area contributed by atoms with E-state index in [9.17, 15) is 0 Å². The molecular weight excluding hydrogens is 262 g/mol. The van der Waals surface area contributed by atoms with Gasteiger partial charge in [0.15, 0.2) is 0 Å². The monoisotopic (exact) mass is 291 g/mol. The van der Waals surface area contributed by atoms with Crippen LogP contribution in [0.3, 0.4) is 0 Å². The Kier molecular flexibility index (Phi) is 6.23. The molecule has 2 N–H and O–H groups in total. The standard InChI is InChI=1S/C16H29N5/c1-4-17-16-19-12-13(2)15(20-16)18-9-7-11-21-10-6-5-8-14(21)3/h12,14H,4-11H2,1-3H3,(H2,17,18,19,20). The van der Waals surface area contributed by atoms with Crippen molar-refractivity contribution in [1.82, 2.24) is 14.9 Å². The minimum Gasteiger partial charge on any atom is -0.370 e. The van der Waals surface area contributed by atoms with E-state index >= 15 is 0 Å². The lowest BCUT2D eigenvalue weighted by molar-refractivity contribution is 0.160. The summed E-state index contributed by atoms with van der Waals surface area (Å²) in [5.74, 6) is 1.66. The molecule has 0 aromatic carbocycles. The highest BCUT2D eigenvalue weighted by atomic mass is 15.2. The van der Waals surface area contributed by atoms with Crippen molar-refractivity contribution in [2.75, 3.05) is 36.8 Å². The summed E-state index contributed by atoms with van der Waals surface area (Å²) in [7, 11) is 0. The normalized spacial score (nSPS) is 19.5. The van der Waals surface area contributed by atoms with Gasteiger partial charge in [-0.05, 0) is 46.6 Å². The van der Waals surface area contributed by atoms with Crippen molar-refractivity contribution in [3.63, 3.8) is 0 Å². The zero-order chi connectivity index (χ0) is 15.1. The van der Waals surface area contributed by atoms with Gasteiger partial charge in [-0.15, -0.1) is 0 Å². The van der Waals surface area contributed by atoms with Crippen molar-refractivity contribution in [2.45, 2.75) is 52.5 Å². The summed E-state index contributed by atoms with van der Waals surface area (Å²) in [4.78, 5) is 11.4. The van der Waals surface area contributed by atoms with Gasteiger partial charge in [0.1, 0.15) is 5.82 Å². The first-order chi connectivity index (χ1) is 10.2. The van der Waals surface area contributed by atoms with E-state index in [1.54, 1.807) is 0 Å². The lowest BCUT2D eigenvalue weighted by atomic mass is 10.0. The number of nitrogens with one attached hydrogen (secondary N) is 2. The van der Waals surface area contributed by atoms with Crippen LogP contribution in [-0.4, -0.2) is 47.1 Å². The molecule has 1 aliphatic rings. The fraction of sp³-hybridized carbons (Fsp3) is 0.750. The number of likely N-dealkylation sites (tertiary alicyclic amines) is 1. The minimum absolute atomic E-state index is 0.704. The topological polar surface area (TPSA) is 53.1 Å². The number of anilines is 2. The van der Waals surface area contributed by atoms with Gasteiger partial charge in [-0.2, -0.15) is 4.98 Å². The van der Waals surface area contributed by atoms with Crippen LogP contribution >= 0.6 is 0 Å². The van der Waals surface area contributed by atoms with Crippen molar-refractivity contribution in [1.29, 1.82) is 0 Å². The second kappa shape index (κ2) is 8.17. The van der Waals surface area contributed by atoms with Crippen LogP contribution in [0.2, 0.25) is 0 Å². The lowest BCUT2D eigenvalue weighted by Crippen LogP contribution is -2.38. The third-order valence-electron chi connectivity index (χ3n) is 4.16. The smallest absolute Gasteiger partial charge is 0.224 e. The number of hydrogen-bond donors (Lipinski definition) is 2. The molecule has 1 fully saturated rings. The molecule has 2 rings (SSSR count). The number of aromatic nitrogens is 2. The van der Waals surface area contributed by atoms with Crippen LogP contribution in [-0.2, 0) is 0 Å². The molecular formula is C16H29N5. The zero-order valence-corrected chi connectivity index (χ0v) is 13.7. The number of hydrogen-bond acceptors (Lipinski definition) is 5. The van der Waals surface area contributed by atoms with Crippen LogP contribution in [0.25, 0.3) is 0 Å². The first-order valence-corrected chi connectivity index (χ1v) is 8.26. The Bertz CT molecular complexity index is 435. The maximum atomic E-state index is 4.51. The fourth-order valence-electron chi connectivity index (χ4n) is 2.84. The average molecular weight is 291 g/mol. The molecule has 118 valence electrons. The quantitative estimate of drug-likeness (QED) is 0.757. The van der Waals surface area contributed by atoms with Crippen LogP contribution in [0.15, 0.2) is 6.20 Å². The summed E-state index contributed by atoms with van der Waals surface area (Å²) < 4.78 is 0. The zero-order valence-electron chi connectivity index (χ0n) is 13.7. The van der Waals surface area contributed by atoms with Crippen molar-refractivity contribution in [3.8, 4) is 0 Å². The van der Waals surface area contributed by atoms with Gasteiger partial charge in [0.05, 0.1) is 0 Å². The predicted octanol–water partition coefficient (Wildman–Crippen LogP) is 2.89. The molecule has 21 heavy (non-hydrogen) atoms. The van der Waals surface area contributed by atoms with Crippen LogP contribution in [0.4, 0.5) is 11.8 Å². The Balaban J connectivity index is 1.76. The molecule has 1 aliphatic heterocycles. The summed E-state index contributed by atoms with van der Waals surface area (Å²) in [6, 6.07) is 0.750. The minimum atomic E-state index is 0.704. The van der Waals surface area contributed by atoms with Crippen molar-refractivity contribution in [2.24, 2.45) is 0 Å². The van der Waals surface area contributed by atoms with E-state index in [0.29, 0.717) is 5.95 Å². The highest BCUT2D eigenvalue weighted by Crippen LogP contribution is 2.17. The van der Waals surface area contributed by atoms with Crippen LogP contribution < -0.4 is 10.6 Å². The van der Waals surface area contributed by atoms with Gasteiger partial charge in [0.25, 0.3) is 0 Å². The van der Waals surface area contributed by atoms with Crippen molar-refractivity contribution < 1.29 is 0 Å². The van der Waals surface area contributed by atoms with E-state index in [1.165, 1.54) is 32.4 Å². The number of aryl methyl sites for hydroxylation is 1. The third-order valence-corrected chi connectivity index (χ3v) is 4.16. The van der Waals surface area contributed by atoms with E-state index in [-0.39, 0.29) is 0 Å². The Morgan fingerprint density at radius 2 is 2.19 bits per heavy atom. The highest BCUT2D eigenvalue weighted by molar-refractivity contribution is 5.46. The van der Waals surface area contributed by atoms with E-state index in [4.69, 9.17) is 0 Å². The molecule has 0 radical (unpaired) electrons. The molecule has 0 amide bonds. The summed E-state index contributed by atoms with van der Waals surface area (Å²) in [6.45, 7) is 10.7. The Morgan fingerprint density at radius 1 is 1.33 bits per heavy atom. The summed E-state index contributed by atoms with van der Waals surface area (Å²) >= 11 is 0. The van der Waals surface area contributed by atoms with Gasteiger partial charge in [-0.3, -0.25) is 0 Å². The van der Waals surface area contributed by atoms with Crippen molar-refractivity contribution in [3.05, 3.63) is 11.8 Å². The maximum absolute atomic E-state index is 4.51. The Morgan fingerprint density at radius 3 is 2.95 bits per heavy atom. The second-order valence-electron chi connectivity index (χ2n) is 5.92. The largest absolute Gasteiger partial charge is 0.370 e. The van der Waals surface area contributed by atoms with Crippen molar-refractivity contribution >= 4 is 11.8 Å². The molecule has 1 atom stereocenters. The van der Waals surface area contributed by atoms with Gasteiger partial charge in [0.2, 0.25) is 5.95 Å². The van der Waals surface area contributed by atoms with E-state index in [0.717, 1.165) is 36.9 Å². The molecule has 1 saturated heterocycles. The average Bonchev–Trinajstić information content (AvgIpc) is 2.48. The molecule has 1 unspecified atom stereocenters. The molecule has 0 saturated carbocycles. The lowest BCUT2D eigenvalue weighted by Gasteiger charge is -2.33.